The third-order valence-corrected chi connectivity index (χ3v) is 5.34. The minimum Gasteiger partial charge on any atom is -0.486 e. The molecule has 1 aromatic rings. The van der Waals surface area contributed by atoms with E-state index in [0.717, 1.165) is 42.7 Å². The van der Waals surface area contributed by atoms with Crippen molar-refractivity contribution in [1.29, 1.82) is 0 Å². The van der Waals surface area contributed by atoms with Gasteiger partial charge in [-0.2, -0.15) is 0 Å². The highest BCUT2D eigenvalue weighted by atomic mass is 16.7. The van der Waals surface area contributed by atoms with Gasteiger partial charge in [0.1, 0.15) is 11.9 Å². The number of carbonyl (C=O) groups is 1. The van der Waals surface area contributed by atoms with Gasteiger partial charge in [-0.05, 0) is 37.0 Å². The molecule has 140 valence electrons. The third-order valence-electron chi connectivity index (χ3n) is 5.34. The molecule has 1 spiro atoms. The largest absolute Gasteiger partial charge is 0.486 e. The molecule has 0 radical (unpaired) electrons. The Kier molecular flexibility index (Phi) is 4.87. The molecule has 1 aliphatic carbocycles. The number of rotatable bonds is 4. The van der Waals surface area contributed by atoms with Crippen LogP contribution in [-0.2, 0) is 14.3 Å². The molecule has 1 atom stereocenters. The van der Waals surface area contributed by atoms with Crippen LogP contribution in [0.1, 0.15) is 44.1 Å². The van der Waals surface area contributed by atoms with Crippen LogP contribution in [0.25, 0.3) is 6.08 Å². The Morgan fingerprint density at radius 1 is 1.27 bits per heavy atom. The van der Waals surface area contributed by atoms with Crippen molar-refractivity contribution in [3.8, 4) is 5.75 Å². The summed E-state index contributed by atoms with van der Waals surface area (Å²) in [5.74, 6) is -0.318. The van der Waals surface area contributed by atoms with E-state index in [9.17, 15) is 4.79 Å². The van der Waals surface area contributed by atoms with E-state index in [1.54, 1.807) is 0 Å². The molecule has 1 aromatic carbocycles. The maximum atomic E-state index is 10.7. The van der Waals surface area contributed by atoms with Crippen LogP contribution < -0.4 is 10.1 Å². The van der Waals surface area contributed by atoms with Crippen molar-refractivity contribution in [3.63, 3.8) is 0 Å². The Morgan fingerprint density at radius 3 is 2.77 bits per heavy atom. The lowest BCUT2D eigenvalue weighted by Gasteiger charge is -2.32. The minimum absolute atomic E-state index is 0.0937. The average Bonchev–Trinajstić information content (AvgIpc) is 3.10. The van der Waals surface area contributed by atoms with Gasteiger partial charge in [0.25, 0.3) is 0 Å². The van der Waals surface area contributed by atoms with E-state index in [-0.39, 0.29) is 18.3 Å². The highest BCUT2D eigenvalue weighted by molar-refractivity contribution is 5.67. The van der Waals surface area contributed by atoms with E-state index < -0.39 is 5.97 Å². The second-order valence-corrected chi connectivity index (χ2v) is 7.22. The highest BCUT2D eigenvalue weighted by Gasteiger charge is 2.38. The number of fused-ring (bicyclic) bond motifs is 1. The van der Waals surface area contributed by atoms with Crippen LogP contribution in [0.2, 0.25) is 0 Å². The van der Waals surface area contributed by atoms with E-state index in [4.69, 9.17) is 19.3 Å². The molecular weight excluding hydrogens is 334 g/mol. The molecule has 1 saturated heterocycles. The molecule has 0 bridgehead atoms. The minimum atomic E-state index is -0.788. The first kappa shape index (κ1) is 17.4. The van der Waals surface area contributed by atoms with Gasteiger partial charge in [-0.15, -0.1) is 0 Å². The molecule has 26 heavy (non-hydrogen) atoms. The lowest BCUT2D eigenvalue weighted by atomic mass is 9.88. The van der Waals surface area contributed by atoms with E-state index in [1.807, 2.05) is 6.07 Å². The fraction of sp³-hybridized carbons (Fsp3) is 0.550. The zero-order valence-electron chi connectivity index (χ0n) is 14.8. The molecule has 2 heterocycles. The van der Waals surface area contributed by atoms with Crippen molar-refractivity contribution in [2.24, 2.45) is 0 Å². The summed E-state index contributed by atoms with van der Waals surface area (Å²) in [6.07, 6.45) is 6.65. The standard InChI is InChI=1S/C20H25NO5/c22-19(23)4-2-16-13-21-17-12-15(1-3-18(17)26-16)11-14-5-7-20(8-6-14)24-9-10-25-20/h1,3,11-12,16,21H,2,4-10,13H2,(H,22,23)/t16-/m0/s1. The summed E-state index contributed by atoms with van der Waals surface area (Å²) < 4.78 is 17.5. The van der Waals surface area contributed by atoms with Crippen molar-refractivity contribution < 1.29 is 24.1 Å². The fourth-order valence-corrected chi connectivity index (χ4v) is 3.89. The molecule has 1 saturated carbocycles. The molecule has 0 aromatic heterocycles. The van der Waals surface area contributed by atoms with Gasteiger partial charge in [0, 0.05) is 19.3 Å². The fourth-order valence-electron chi connectivity index (χ4n) is 3.89. The van der Waals surface area contributed by atoms with E-state index in [1.165, 1.54) is 5.57 Å². The summed E-state index contributed by atoms with van der Waals surface area (Å²) in [7, 11) is 0. The zero-order valence-corrected chi connectivity index (χ0v) is 14.8. The Morgan fingerprint density at radius 2 is 2.04 bits per heavy atom. The molecule has 0 unspecified atom stereocenters. The van der Waals surface area contributed by atoms with Crippen LogP contribution in [0.15, 0.2) is 23.8 Å². The molecule has 2 N–H and O–H groups in total. The van der Waals surface area contributed by atoms with Crippen LogP contribution in [0.4, 0.5) is 5.69 Å². The van der Waals surface area contributed by atoms with Gasteiger partial charge in [-0.25, -0.2) is 0 Å². The van der Waals surface area contributed by atoms with Crippen molar-refractivity contribution in [3.05, 3.63) is 29.3 Å². The van der Waals surface area contributed by atoms with E-state index >= 15 is 0 Å². The number of benzene rings is 1. The Hall–Kier alpha value is -2.05. The number of carboxylic acid groups (broad SMARTS) is 1. The molecule has 2 aliphatic heterocycles. The first-order chi connectivity index (χ1) is 12.6. The summed E-state index contributed by atoms with van der Waals surface area (Å²) >= 11 is 0. The SMILES string of the molecule is O=C(O)CC[C@H]1CNc2cc(C=C3CCC4(CC3)OCCO4)ccc2O1. The van der Waals surface area contributed by atoms with Gasteiger partial charge < -0.3 is 24.6 Å². The third kappa shape index (κ3) is 3.86. The number of allylic oxidation sites excluding steroid dienone is 1. The van der Waals surface area contributed by atoms with Crippen molar-refractivity contribution in [2.75, 3.05) is 25.1 Å². The van der Waals surface area contributed by atoms with Gasteiger partial charge in [-0.1, -0.05) is 17.7 Å². The van der Waals surface area contributed by atoms with E-state index in [2.05, 4.69) is 23.5 Å². The Bertz CT molecular complexity index is 696. The van der Waals surface area contributed by atoms with Crippen LogP contribution in [0.3, 0.4) is 0 Å². The molecule has 6 heteroatoms. The molecule has 3 aliphatic rings. The maximum absolute atomic E-state index is 10.7. The van der Waals surface area contributed by atoms with Crippen molar-refractivity contribution in [1.82, 2.24) is 0 Å². The number of nitrogens with one attached hydrogen (secondary N) is 1. The molecule has 6 nitrogen and oxygen atoms in total. The number of ether oxygens (including phenoxy) is 3. The number of carboxylic acids is 1. The number of hydrogen-bond donors (Lipinski definition) is 2. The number of anilines is 1. The summed E-state index contributed by atoms with van der Waals surface area (Å²) in [5, 5.41) is 12.2. The van der Waals surface area contributed by atoms with Gasteiger partial charge in [0.05, 0.1) is 25.4 Å². The van der Waals surface area contributed by atoms with Gasteiger partial charge in [0.15, 0.2) is 5.79 Å². The molecule has 4 rings (SSSR count). The van der Waals surface area contributed by atoms with Gasteiger partial charge in [0.2, 0.25) is 0 Å². The van der Waals surface area contributed by atoms with Crippen molar-refractivity contribution in [2.45, 2.75) is 50.4 Å². The van der Waals surface area contributed by atoms with Crippen LogP contribution in [0.5, 0.6) is 5.75 Å². The molecular formula is C20H25NO5. The topological polar surface area (TPSA) is 77.0 Å². The predicted molar refractivity (Wildman–Crippen MR) is 97.3 cm³/mol. The lowest BCUT2D eigenvalue weighted by Crippen LogP contribution is -2.33. The average molecular weight is 359 g/mol. The first-order valence-corrected chi connectivity index (χ1v) is 9.36. The van der Waals surface area contributed by atoms with Crippen LogP contribution in [0, 0.1) is 0 Å². The van der Waals surface area contributed by atoms with Gasteiger partial charge >= 0.3 is 5.97 Å². The second kappa shape index (κ2) is 7.29. The monoisotopic (exact) mass is 359 g/mol. The normalized spacial score (nSPS) is 23.8. The maximum Gasteiger partial charge on any atom is 0.303 e. The zero-order chi connectivity index (χ0) is 18.0. The lowest BCUT2D eigenvalue weighted by molar-refractivity contribution is -0.171. The van der Waals surface area contributed by atoms with Crippen LogP contribution in [-0.4, -0.2) is 42.7 Å². The number of hydrogen-bond acceptors (Lipinski definition) is 5. The van der Waals surface area contributed by atoms with Crippen molar-refractivity contribution >= 4 is 17.7 Å². The molecule has 0 amide bonds. The molecule has 2 fully saturated rings. The smallest absolute Gasteiger partial charge is 0.303 e. The Labute approximate surface area is 153 Å². The Balaban J connectivity index is 1.38. The van der Waals surface area contributed by atoms with Gasteiger partial charge in [-0.3, -0.25) is 4.79 Å². The quantitative estimate of drug-likeness (QED) is 0.858. The predicted octanol–water partition coefficient (Wildman–Crippen LogP) is 3.42. The van der Waals surface area contributed by atoms with Crippen LogP contribution >= 0.6 is 0 Å². The summed E-state index contributed by atoms with van der Waals surface area (Å²) in [4.78, 5) is 10.7. The van der Waals surface area contributed by atoms with E-state index in [0.29, 0.717) is 26.2 Å². The number of aliphatic carboxylic acids is 1. The summed E-state index contributed by atoms with van der Waals surface area (Å²) in [6.45, 7) is 2.06. The summed E-state index contributed by atoms with van der Waals surface area (Å²) in [5.41, 5.74) is 3.55. The second-order valence-electron chi connectivity index (χ2n) is 7.22. The first-order valence-electron chi connectivity index (χ1n) is 9.36. The summed E-state index contributed by atoms with van der Waals surface area (Å²) in [6, 6.07) is 6.12. The highest BCUT2D eigenvalue weighted by Crippen LogP contribution is 2.39.